The molecular formula is C26H30N4O3S. The van der Waals surface area contributed by atoms with Crippen LogP contribution in [-0.4, -0.2) is 73.9 Å². The molecule has 3 fully saturated rings. The molecule has 2 aromatic carbocycles. The van der Waals surface area contributed by atoms with Gasteiger partial charge >= 0.3 is 0 Å². The van der Waals surface area contributed by atoms with Gasteiger partial charge in [-0.1, -0.05) is 12.1 Å². The number of nitrogens with zero attached hydrogens (tertiary/aromatic N) is 3. The number of aromatic nitrogens is 1. The maximum Gasteiger partial charge on any atom is 0.220 e. The van der Waals surface area contributed by atoms with Gasteiger partial charge in [0.1, 0.15) is 11.9 Å². The topological polar surface area (TPSA) is 66.9 Å². The summed E-state index contributed by atoms with van der Waals surface area (Å²) >= 11 is 1.59. The van der Waals surface area contributed by atoms with E-state index in [2.05, 4.69) is 63.4 Å². The molecule has 0 saturated carbocycles. The van der Waals surface area contributed by atoms with Gasteiger partial charge < -0.3 is 19.7 Å². The molecule has 2 atom stereocenters. The zero-order valence-electron chi connectivity index (χ0n) is 19.4. The second-order valence-electron chi connectivity index (χ2n) is 9.53. The van der Waals surface area contributed by atoms with Crippen LogP contribution < -0.4 is 15.0 Å². The van der Waals surface area contributed by atoms with E-state index in [9.17, 15) is 4.79 Å². The molecule has 1 N–H and O–H groups in total. The summed E-state index contributed by atoms with van der Waals surface area (Å²) in [7, 11) is 0. The van der Waals surface area contributed by atoms with Crippen molar-refractivity contribution in [2.24, 2.45) is 5.92 Å². The summed E-state index contributed by atoms with van der Waals surface area (Å²) in [5, 5.41) is 2.91. The number of nitrogens with one attached hydrogen (secondary N) is 1. The molecule has 3 aliphatic rings. The van der Waals surface area contributed by atoms with Crippen molar-refractivity contribution < 1.29 is 14.3 Å². The smallest absolute Gasteiger partial charge is 0.220 e. The summed E-state index contributed by atoms with van der Waals surface area (Å²) in [5.74, 6) is 1.15. The average molecular weight is 479 g/mol. The minimum absolute atomic E-state index is 0.0490. The lowest BCUT2D eigenvalue weighted by molar-refractivity contribution is -0.119. The van der Waals surface area contributed by atoms with Gasteiger partial charge in [0.2, 0.25) is 5.91 Å². The number of hydrogen-bond acceptors (Lipinski definition) is 7. The number of rotatable bonds is 6. The Bertz CT molecular complexity index is 1170. The van der Waals surface area contributed by atoms with Crippen LogP contribution >= 0.6 is 11.3 Å². The highest BCUT2D eigenvalue weighted by Crippen LogP contribution is 2.36. The maximum absolute atomic E-state index is 11.6. The molecular weight excluding hydrogens is 448 g/mol. The van der Waals surface area contributed by atoms with E-state index >= 15 is 0 Å². The Balaban J connectivity index is 1.19. The van der Waals surface area contributed by atoms with Crippen LogP contribution in [0.3, 0.4) is 0 Å². The summed E-state index contributed by atoms with van der Waals surface area (Å²) in [6, 6.07) is 13.7. The van der Waals surface area contributed by atoms with Gasteiger partial charge in [-0.2, -0.15) is 0 Å². The third-order valence-corrected chi connectivity index (χ3v) is 8.26. The first-order chi connectivity index (χ1) is 16.6. The highest BCUT2D eigenvalue weighted by Gasteiger charge is 2.30. The summed E-state index contributed by atoms with van der Waals surface area (Å²) in [6.07, 6.45) is 0.476. The normalized spacial score (nSPS) is 22.6. The molecule has 3 aliphatic heterocycles. The molecule has 1 aromatic heterocycles. The Morgan fingerprint density at radius 2 is 1.91 bits per heavy atom. The van der Waals surface area contributed by atoms with Crippen molar-refractivity contribution in [1.82, 2.24) is 15.2 Å². The quantitative estimate of drug-likeness (QED) is 0.586. The summed E-state index contributed by atoms with van der Waals surface area (Å²) < 4.78 is 12.8. The minimum atomic E-state index is -0.0490. The van der Waals surface area contributed by atoms with Crippen molar-refractivity contribution in [3.8, 4) is 16.9 Å². The molecule has 6 rings (SSSR count). The van der Waals surface area contributed by atoms with Gasteiger partial charge in [0.05, 0.1) is 35.0 Å². The average Bonchev–Trinajstić information content (AvgIpc) is 3.48. The monoisotopic (exact) mass is 478 g/mol. The minimum Gasteiger partial charge on any atom is -0.489 e. The van der Waals surface area contributed by atoms with Gasteiger partial charge in [-0.15, -0.1) is 11.3 Å². The molecule has 8 heteroatoms. The predicted octanol–water partition coefficient (Wildman–Crippen LogP) is 3.39. The van der Waals surface area contributed by atoms with Gasteiger partial charge in [-0.3, -0.25) is 9.69 Å². The molecule has 7 nitrogen and oxygen atoms in total. The Kier molecular flexibility index (Phi) is 5.89. The van der Waals surface area contributed by atoms with E-state index in [1.165, 1.54) is 5.69 Å². The summed E-state index contributed by atoms with van der Waals surface area (Å²) in [4.78, 5) is 21.2. The molecule has 0 radical (unpaired) electrons. The molecule has 0 spiro atoms. The van der Waals surface area contributed by atoms with E-state index in [0.29, 0.717) is 19.0 Å². The highest BCUT2D eigenvalue weighted by molar-refractivity contribution is 7.17. The third kappa shape index (κ3) is 4.26. The number of carbonyl (C=O) groups excluding carboxylic acids is 1. The lowest BCUT2D eigenvalue weighted by atomic mass is 10.0. The predicted molar refractivity (Wildman–Crippen MR) is 135 cm³/mol. The zero-order chi connectivity index (χ0) is 23.1. The Morgan fingerprint density at radius 1 is 1.12 bits per heavy atom. The molecule has 0 aliphatic carbocycles. The Morgan fingerprint density at radius 3 is 2.59 bits per heavy atom. The van der Waals surface area contributed by atoms with Crippen molar-refractivity contribution in [1.29, 1.82) is 0 Å². The standard InChI is InChI=1S/C26H30N4O3S/c1-17(20-12-25(31)27-13-20)33-24-11-19(10-23-26(24)34-16-28-23)18-2-4-21(5-3-18)29-6-8-30(9-7-29)22-14-32-15-22/h2-5,10-11,16-17,20,22H,6-9,12-15H2,1H3,(H,27,31)/t17-,20-/m0/s1. The second kappa shape index (κ2) is 9.17. The molecule has 34 heavy (non-hydrogen) atoms. The van der Waals surface area contributed by atoms with E-state index in [4.69, 9.17) is 9.47 Å². The van der Waals surface area contributed by atoms with Gasteiger partial charge in [-0.05, 0) is 42.3 Å². The van der Waals surface area contributed by atoms with Gasteiger partial charge in [0.25, 0.3) is 0 Å². The molecule has 1 amide bonds. The fraction of sp³-hybridized carbons (Fsp3) is 0.462. The van der Waals surface area contributed by atoms with Crippen molar-refractivity contribution in [2.75, 3.05) is 50.8 Å². The van der Waals surface area contributed by atoms with Crippen LogP contribution in [0.4, 0.5) is 5.69 Å². The SMILES string of the molecule is C[C@H](Oc1cc(-c2ccc(N3CCN(C4COC4)CC3)cc2)cc2ncsc12)[C@@H]1CNC(=O)C1. The molecule has 178 valence electrons. The van der Waals surface area contributed by atoms with E-state index in [-0.39, 0.29) is 17.9 Å². The third-order valence-electron chi connectivity index (χ3n) is 7.40. The number of benzene rings is 2. The number of amides is 1. The van der Waals surface area contributed by atoms with Crippen molar-refractivity contribution in [2.45, 2.75) is 25.5 Å². The van der Waals surface area contributed by atoms with Crippen LogP contribution in [0.1, 0.15) is 13.3 Å². The molecule has 0 bridgehead atoms. The summed E-state index contributed by atoms with van der Waals surface area (Å²) in [6.45, 7) is 8.79. The fourth-order valence-electron chi connectivity index (χ4n) is 5.09. The van der Waals surface area contributed by atoms with Crippen molar-refractivity contribution in [3.05, 3.63) is 41.9 Å². The lowest BCUT2D eigenvalue weighted by Gasteiger charge is -2.43. The van der Waals surface area contributed by atoms with Crippen LogP contribution in [0.15, 0.2) is 41.9 Å². The summed E-state index contributed by atoms with van der Waals surface area (Å²) in [5.41, 5.74) is 6.34. The molecule has 0 unspecified atom stereocenters. The number of hydrogen-bond donors (Lipinski definition) is 1. The van der Waals surface area contributed by atoms with E-state index in [1.807, 2.05) is 5.51 Å². The highest BCUT2D eigenvalue weighted by atomic mass is 32.1. The first-order valence-corrected chi connectivity index (χ1v) is 13.0. The number of ether oxygens (including phenoxy) is 2. The number of fused-ring (bicyclic) bond motifs is 1. The van der Waals surface area contributed by atoms with Crippen LogP contribution in [0.5, 0.6) is 5.75 Å². The van der Waals surface area contributed by atoms with Crippen molar-refractivity contribution >= 4 is 33.1 Å². The number of piperazine rings is 1. The number of thiazole rings is 1. The largest absolute Gasteiger partial charge is 0.489 e. The van der Waals surface area contributed by atoms with E-state index in [0.717, 1.165) is 66.5 Å². The first kappa shape index (κ1) is 21.8. The van der Waals surface area contributed by atoms with E-state index < -0.39 is 0 Å². The lowest BCUT2D eigenvalue weighted by Crippen LogP contribution is -2.56. The second-order valence-corrected chi connectivity index (χ2v) is 10.4. The maximum atomic E-state index is 11.6. The number of carbonyl (C=O) groups is 1. The Hall–Kier alpha value is -2.68. The fourth-order valence-corrected chi connectivity index (χ4v) is 5.82. The van der Waals surface area contributed by atoms with Crippen LogP contribution in [0.2, 0.25) is 0 Å². The van der Waals surface area contributed by atoms with Gasteiger partial charge in [0.15, 0.2) is 0 Å². The Labute approximate surface area is 203 Å². The van der Waals surface area contributed by atoms with Gasteiger partial charge in [0, 0.05) is 50.7 Å². The van der Waals surface area contributed by atoms with Crippen LogP contribution in [-0.2, 0) is 9.53 Å². The van der Waals surface area contributed by atoms with Crippen molar-refractivity contribution in [3.63, 3.8) is 0 Å². The zero-order valence-corrected chi connectivity index (χ0v) is 20.2. The first-order valence-electron chi connectivity index (χ1n) is 12.1. The van der Waals surface area contributed by atoms with Gasteiger partial charge in [-0.25, -0.2) is 4.98 Å². The van der Waals surface area contributed by atoms with Crippen LogP contribution in [0.25, 0.3) is 21.3 Å². The number of anilines is 1. The molecule has 3 saturated heterocycles. The van der Waals surface area contributed by atoms with E-state index in [1.54, 1.807) is 11.3 Å². The molecule has 3 aromatic rings. The molecule has 4 heterocycles. The van der Waals surface area contributed by atoms with Crippen LogP contribution in [0, 0.1) is 5.92 Å².